The van der Waals surface area contributed by atoms with Crippen molar-refractivity contribution in [2.75, 3.05) is 0 Å². The van der Waals surface area contributed by atoms with Crippen LogP contribution in [-0.4, -0.2) is 0 Å². The fourth-order valence-corrected chi connectivity index (χ4v) is 2.81. The summed E-state index contributed by atoms with van der Waals surface area (Å²) in [6.07, 6.45) is 6.87. The first-order chi connectivity index (χ1) is 8.90. The molecule has 0 nitrogen and oxygen atoms in total. The molecule has 1 heteroatoms. The molecule has 0 aliphatic heterocycles. The van der Waals surface area contributed by atoms with Crippen molar-refractivity contribution in [3.8, 4) is 0 Å². The summed E-state index contributed by atoms with van der Waals surface area (Å²) < 4.78 is 0. The van der Waals surface area contributed by atoms with Crippen LogP contribution >= 0.6 is 0 Å². The second-order valence-corrected chi connectivity index (χ2v) is 7.25. The molecule has 0 unspecified atom stereocenters. The van der Waals surface area contributed by atoms with E-state index in [2.05, 4.69) is 81.4 Å². The van der Waals surface area contributed by atoms with Crippen LogP contribution in [0.4, 0.5) is 0 Å². The van der Waals surface area contributed by atoms with E-state index in [4.69, 9.17) is 0 Å². The Morgan fingerprint density at radius 3 is 0.864 bits per heavy atom. The van der Waals surface area contributed by atoms with Gasteiger partial charge in [-0.3, -0.25) is 12.2 Å². The predicted octanol–water partition coefficient (Wildman–Crippen LogP) is 6.67. The quantitative estimate of drug-likeness (QED) is 0.372. The maximum absolute atomic E-state index is 3.44. The summed E-state index contributed by atoms with van der Waals surface area (Å²) in [4.78, 5) is 0. The molecule has 0 aromatic heterocycles. The van der Waals surface area contributed by atoms with Gasteiger partial charge in [-0.05, 0) is 0 Å². The van der Waals surface area contributed by atoms with E-state index >= 15 is 0 Å². The molecule has 0 fully saturated rings. The summed E-state index contributed by atoms with van der Waals surface area (Å²) >= 11 is 0. The Kier molecular flexibility index (Phi) is 9.39. The second-order valence-electron chi connectivity index (χ2n) is 7.25. The van der Waals surface area contributed by atoms with Crippen molar-refractivity contribution in [2.45, 2.75) is 69.2 Å². The topological polar surface area (TPSA) is 0 Å². The van der Waals surface area contributed by atoms with Crippen LogP contribution < -0.4 is 0 Å². The minimum atomic E-state index is 0. The number of hydrogen-bond donors (Lipinski definition) is 0. The maximum atomic E-state index is 3.44. The van der Waals surface area contributed by atoms with Crippen LogP contribution in [0.25, 0.3) is 0 Å². The van der Waals surface area contributed by atoms with Gasteiger partial charge in [0.1, 0.15) is 0 Å². The zero-order chi connectivity index (χ0) is 15.9. The molecule has 0 spiro atoms. The molecule has 0 amide bonds. The number of rotatable bonds is 0. The normalized spacial score (nSPS) is 21.4. The SMILES string of the molecule is CC1=[C-]C(C)(C)C(C)=C1C.CC1=[C-]C(C)(C)C(C)=C1C.[CH3-].[Sm+3]. The van der Waals surface area contributed by atoms with E-state index in [1.807, 2.05) is 0 Å². The molecule has 22 heavy (non-hydrogen) atoms. The molecule has 0 aromatic rings. The molecule has 0 aromatic carbocycles. The molecule has 123 valence electrons. The van der Waals surface area contributed by atoms with Crippen molar-refractivity contribution in [2.24, 2.45) is 10.8 Å². The molecule has 0 atom stereocenters. The molecule has 0 bridgehead atoms. The van der Waals surface area contributed by atoms with Gasteiger partial charge in [-0.25, -0.2) is 11.1 Å². The average molecular weight is 436 g/mol. The van der Waals surface area contributed by atoms with Crippen LogP contribution in [0.15, 0.2) is 33.4 Å². The van der Waals surface area contributed by atoms with Gasteiger partial charge in [0, 0.05) is 0 Å². The van der Waals surface area contributed by atoms with E-state index in [0.717, 1.165) is 0 Å². The number of hydrogen-bond acceptors (Lipinski definition) is 0. The first-order valence-electron chi connectivity index (χ1n) is 7.50. The van der Waals surface area contributed by atoms with Gasteiger partial charge in [0.25, 0.3) is 0 Å². The standard InChI is InChI=1S/2C10H15.CH3.Sm/c2*1-7-6-10(4,5)9(3)8(7)2;;/h2*1-5H3;1H3;/q3*-1;+3. The maximum Gasteiger partial charge on any atom is 3.00 e. The molecule has 2 aliphatic rings. The molecular formula is C21H33Sm. The molecular weight excluding hydrogens is 403 g/mol. The predicted molar refractivity (Wildman–Crippen MR) is 95.6 cm³/mol. The van der Waals surface area contributed by atoms with Gasteiger partial charge in [0.15, 0.2) is 0 Å². The first kappa shape index (κ1) is 24.5. The van der Waals surface area contributed by atoms with Crippen LogP contribution in [-0.2, 0) is 0 Å². The summed E-state index contributed by atoms with van der Waals surface area (Å²) in [6, 6.07) is 0. The fourth-order valence-electron chi connectivity index (χ4n) is 2.81. The zero-order valence-electron chi connectivity index (χ0n) is 16.4. The van der Waals surface area contributed by atoms with Gasteiger partial charge < -0.3 is 7.43 Å². The van der Waals surface area contributed by atoms with Gasteiger partial charge in [-0.2, -0.15) is 22.3 Å². The van der Waals surface area contributed by atoms with E-state index in [1.165, 1.54) is 33.4 Å². The smallest absolute Gasteiger partial charge is 0.358 e. The van der Waals surface area contributed by atoms with Crippen LogP contribution in [0.1, 0.15) is 69.2 Å². The van der Waals surface area contributed by atoms with E-state index in [1.54, 1.807) is 0 Å². The third-order valence-electron chi connectivity index (χ3n) is 5.12. The van der Waals surface area contributed by atoms with E-state index < -0.39 is 0 Å². The first-order valence-corrected chi connectivity index (χ1v) is 7.50. The van der Waals surface area contributed by atoms with Gasteiger partial charge in [0.05, 0.1) is 0 Å². The Morgan fingerprint density at radius 1 is 0.591 bits per heavy atom. The molecule has 0 N–H and O–H groups in total. The van der Waals surface area contributed by atoms with Crippen molar-refractivity contribution in [3.05, 3.63) is 53.0 Å². The minimum absolute atomic E-state index is 0. The monoisotopic (exact) mass is 437 g/mol. The molecule has 1 radical (unpaired) electrons. The Labute approximate surface area is 172 Å². The van der Waals surface area contributed by atoms with Gasteiger partial charge >= 0.3 is 40.4 Å². The Balaban J connectivity index is 0. The molecule has 2 rings (SSSR count). The van der Waals surface area contributed by atoms with Gasteiger partial charge in [-0.1, -0.05) is 66.2 Å². The second kappa shape index (κ2) is 8.41. The Hall–Kier alpha value is 0.298. The van der Waals surface area contributed by atoms with Crippen molar-refractivity contribution < 1.29 is 40.4 Å². The fraction of sp³-hybridized carbons (Fsp3) is 0.571. The van der Waals surface area contributed by atoms with E-state index in [9.17, 15) is 0 Å². The van der Waals surface area contributed by atoms with Crippen molar-refractivity contribution in [1.29, 1.82) is 0 Å². The zero-order valence-corrected chi connectivity index (χ0v) is 19.0. The molecule has 0 saturated heterocycles. The van der Waals surface area contributed by atoms with Crippen molar-refractivity contribution in [3.63, 3.8) is 0 Å². The van der Waals surface area contributed by atoms with Gasteiger partial charge in [-0.15, -0.1) is 13.8 Å². The largest absolute Gasteiger partial charge is 3.00 e. The molecule has 0 saturated carbocycles. The molecule has 2 aliphatic carbocycles. The van der Waals surface area contributed by atoms with Crippen molar-refractivity contribution >= 4 is 0 Å². The minimum Gasteiger partial charge on any atom is -0.358 e. The van der Waals surface area contributed by atoms with E-state index in [-0.39, 0.29) is 58.6 Å². The van der Waals surface area contributed by atoms with Crippen molar-refractivity contribution in [1.82, 2.24) is 0 Å². The summed E-state index contributed by atoms with van der Waals surface area (Å²) in [5.41, 5.74) is 8.79. The summed E-state index contributed by atoms with van der Waals surface area (Å²) in [5, 5.41) is 0. The molecule has 0 heterocycles. The van der Waals surface area contributed by atoms with E-state index in [0.29, 0.717) is 0 Å². The average Bonchev–Trinajstić information content (AvgIpc) is 2.60. The third kappa shape index (κ3) is 5.15. The van der Waals surface area contributed by atoms with Crippen LogP contribution in [0.2, 0.25) is 0 Å². The third-order valence-corrected chi connectivity index (χ3v) is 5.12. The van der Waals surface area contributed by atoms with Crippen LogP contribution in [0, 0.1) is 70.8 Å². The Morgan fingerprint density at radius 2 is 0.818 bits per heavy atom. The summed E-state index contributed by atoms with van der Waals surface area (Å²) in [5.74, 6) is 0. The summed E-state index contributed by atoms with van der Waals surface area (Å²) in [7, 11) is 0. The van der Waals surface area contributed by atoms with Crippen LogP contribution in [0.3, 0.4) is 0 Å². The summed E-state index contributed by atoms with van der Waals surface area (Å²) in [6.45, 7) is 21.8. The Bertz CT molecular complexity index is 484. The number of allylic oxidation sites excluding steroid dienone is 8. The van der Waals surface area contributed by atoms with Gasteiger partial charge in [0.2, 0.25) is 0 Å². The van der Waals surface area contributed by atoms with Crippen LogP contribution in [0.5, 0.6) is 0 Å².